The van der Waals surface area contributed by atoms with E-state index in [4.69, 9.17) is 4.98 Å². The maximum atomic E-state index is 4.81. The number of hydrogen-bond donors (Lipinski definition) is 2. The molecule has 0 amide bonds. The fourth-order valence-corrected chi connectivity index (χ4v) is 3.36. The zero-order valence-corrected chi connectivity index (χ0v) is 13.9. The van der Waals surface area contributed by atoms with E-state index in [2.05, 4.69) is 36.5 Å². The van der Waals surface area contributed by atoms with Gasteiger partial charge in [-0.05, 0) is 11.8 Å². The highest BCUT2D eigenvalue weighted by molar-refractivity contribution is 5.87. The smallest absolute Gasteiger partial charge is 0.228 e. The van der Waals surface area contributed by atoms with Crippen molar-refractivity contribution in [3.05, 3.63) is 30.5 Å². The Morgan fingerprint density at radius 2 is 2.21 bits per heavy atom. The molecule has 3 aromatic rings. The van der Waals surface area contributed by atoms with Crippen LogP contribution in [0.5, 0.6) is 0 Å². The summed E-state index contributed by atoms with van der Waals surface area (Å²) in [6.45, 7) is 2.83. The molecule has 5 heterocycles. The molecule has 0 bridgehead atoms. The number of halogens is 1. The van der Waals surface area contributed by atoms with E-state index in [0.717, 1.165) is 42.4 Å². The molecule has 0 saturated carbocycles. The first-order valence-corrected chi connectivity index (χ1v) is 7.65. The quantitative estimate of drug-likeness (QED) is 0.724. The molecule has 1 unspecified atom stereocenters. The normalized spacial score (nSPS) is 19.1. The monoisotopic (exact) mass is 344 g/mol. The number of anilines is 1. The minimum absolute atomic E-state index is 0. The second-order valence-corrected chi connectivity index (χ2v) is 6.08. The Labute approximate surface area is 144 Å². The summed E-state index contributed by atoms with van der Waals surface area (Å²) in [6, 6.07) is 0. The number of imidazole rings is 1. The Hall–Kier alpha value is -2.61. The first kappa shape index (κ1) is 14.9. The van der Waals surface area contributed by atoms with E-state index in [1.165, 1.54) is 5.57 Å². The number of aryl methyl sites for hydroxylation is 1. The van der Waals surface area contributed by atoms with Gasteiger partial charge in [-0.3, -0.25) is 4.68 Å². The predicted molar refractivity (Wildman–Crippen MR) is 92.9 cm³/mol. The number of nitrogens with zero attached hydrogens (tertiary/aromatic N) is 6. The van der Waals surface area contributed by atoms with Gasteiger partial charge in [-0.2, -0.15) is 10.1 Å². The molecule has 9 heteroatoms. The number of nitrogens with one attached hydrogen (secondary N) is 2. The van der Waals surface area contributed by atoms with Gasteiger partial charge in [0, 0.05) is 44.4 Å². The third-order valence-electron chi connectivity index (χ3n) is 4.53. The summed E-state index contributed by atoms with van der Waals surface area (Å²) >= 11 is 0. The molecule has 0 radical (unpaired) electrons. The standard InChI is InChI=1S/C15H16N8.ClH/c1-22-5-11(4-19-22)12-13-14(18-8-17-13)21-15(20-12)23-6-9-2-16-3-10(9)7-23;/h2,4-5,8,10,16H,3,6-7H2,1H3,(H,17,18,20,21);1H. The summed E-state index contributed by atoms with van der Waals surface area (Å²) in [5.41, 5.74) is 4.78. The van der Waals surface area contributed by atoms with Crippen LogP contribution in [0.4, 0.5) is 5.95 Å². The van der Waals surface area contributed by atoms with Crippen LogP contribution in [0.2, 0.25) is 0 Å². The van der Waals surface area contributed by atoms with Crippen LogP contribution >= 0.6 is 12.4 Å². The molecular weight excluding hydrogens is 328 g/mol. The average Bonchev–Trinajstić information content (AvgIpc) is 3.29. The Kier molecular flexibility index (Phi) is 3.42. The summed E-state index contributed by atoms with van der Waals surface area (Å²) in [6.07, 6.45) is 7.56. The fraction of sp³-hybridized carbons (Fsp3) is 0.333. The largest absolute Gasteiger partial charge is 0.390 e. The first-order chi connectivity index (χ1) is 11.3. The van der Waals surface area contributed by atoms with E-state index in [1.807, 2.05) is 19.4 Å². The predicted octanol–water partition coefficient (Wildman–Crippen LogP) is 1.10. The molecule has 24 heavy (non-hydrogen) atoms. The van der Waals surface area contributed by atoms with Crippen LogP contribution in [-0.4, -0.2) is 49.4 Å². The van der Waals surface area contributed by atoms with E-state index in [-0.39, 0.29) is 12.4 Å². The van der Waals surface area contributed by atoms with Crippen molar-refractivity contribution >= 4 is 29.5 Å². The lowest BCUT2D eigenvalue weighted by atomic mass is 10.1. The summed E-state index contributed by atoms with van der Waals surface area (Å²) < 4.78 is 1.77. The van der Waals surface area contributed by atoms with Gasteiger partial charge in [0.05, 0.1) is 12.5 Å². The van der Waals surface area contributed by atoms with Gasteiger partial charge in [-0.1, -0.05) is 0 Å². The van der Waals surface area contributed by atoms with Crippen molar-refractivity contribution in [3.63, 3.8) is 0 Å². The van der Waals surface area contributed by atoms with Crippen molar-refractivity contribution in [2.24, 2.45) is 13.0 Å². The van der Waals surface area contributed by atoms with Crippen LogP contribution in [-0.2, 0) is 7.05 Å². The molecule has 0 spiro atoms. The Morgan fingerprint density at radius 1 is 1.29 bits per heavy atom. The van der Waals surface area contributed by atoms with Gasteiger partial charge >= 0.3 is 0 Å². The van der Waals surface area contributed by atoms with Crippen LogP contribution in [0.15, 0.2) is 30.5 Å². The molecule has 2 N–H and O–H groups in total. The van der Waals surface area contributed by atoms with Gasteiger partial charge in [0.25, 0.3) is 0 Å². The lowest BCUT2D eigenvalue weighted by molar-refractivity contribution is 0.673. The fourth-order valence-electron chi connectivity index (χ4n) is 3.36. The molecule has 2 aliphatic rings. The highest BCUT2D eigenvalue weighted by Gasteiger charge is 2.32. The minimum atomic E-state index is 0. The Bertz CT molecular complexity index is 927. The molecule has 1 saturated heterocycles. The SMILES string of the molecule is Cl.Cn1cc(-c2nc(N3CC4=CNCC4C3)nc3nc[nH]c23)cn1. The molecule has 1 fully saturated rings. The number of H-pyrrole nitrogens is 1. The topological polar surface area (TPSA) is 87.5 Å². The van der Waals surface area contributed by atoms with Crippen LogP contribution in [0.1, 0.15) is 0 Å². The van der Waals surface area contributed by atoms with E-state index in [1.54, 1.807) is 11.0 Å². The van der Waals surface area contributed by atoms with Crippen molar-refractivity contribution in [1.29, 1.82) is 0 Å². The van der Waals surface area contributed by atoms with E-state index in [9.17, 15) is 0 Å². The van der Waals surface area contributed by atoms with Gasteiger partial charge in [-0.15, -0.1) is 12.4 Å². The second-order valence-electron chi connectivity index (χ2n) is 6.08. The zero-order valence-electron chi connectivity index (χ0n) is 13.1. The molecule has 0 aromatic carbocycles. The summed E-state index contributed by atoms with van der Waals surface area (Å²) in [5, 5.41) is 7.55. The van der Waals surface area contributed by atoms with E-state index >= 15 is 0 Å². The molecule has 0 aliphatic carbocycles. The van der Waals surface area contributed by atoms with Crippen LogP contribution < -0.4 is 10.2 Å². The minimum Gasteiger partial charge on any atom is -0.390 e. The maximum absolute atomic E-state index is 4.81. The summed E-state index contributed by atoms with van der Waals surface area (Å²) in [7, 11) is 1.90. The number of fused-ring (bicyclic) bond motifs is 2. The molecule has 124 valence electrons. The molecule has 3 aromatic heterocycles. The van der Waals surface area contributed by atoms with Gasteiger partial charge in [0.15, 0.2) is 5.65 Å². The van der Waals surface area contributed by atoms with Crippen molar-refractivity contribution in [3.8, 4) is 11.3 Å². The average molecular weight is 345 g/mol. The first-order valence-electron chi connectivity index (χ1n) is 7.65. The van der Waals surface area contributed by atoms with Gasteiger partial charge in [0.2, 0.25) is 5.95 Å². The van der Waals surface area contributed by atoms with Crippen molar-refractivity contribution in [1.82, 2.24) is 35.0 Å². The lowest BCUT2D eigenvalue weighted by Crippen LogP contribution is -2.25. The lowest BCUT2D eigenvalue weighted by Gasteiger charge is -2.17. The van der Waals surface area contributed by atoms with Crippen molar-refractivity contribution in [2.45, 2.75) is 0 Å². The molecule has 1 atom stereocenters. The van der Waals surface area contributed by atoms with Crippen LogP contribution in [0.25, 0.3) is 22.4 Å². The molecule has 2 aliphatic heterocycles. The van der Waals surface area contributed by atoms with Crippen molar-refractivity contribution in [2.75, 3.05) is 24.5 Å². The number of hydrogen-bond acceptors (Lipinski definition) is 6. The third-order valence-corrected chi connectivity index (χ3v) is 4.53. The molecule has 8 nitrogen and oxygen atoms in total. The van der Waals surface area contributed by atoms with E-state index in [0.29, 0.717) is 11.6 Å². The Balaban J connectivity index is 0.00000146. The summed E-state index contributed by atoms with van der Waals surface area (Å²) in [4.78, 5) is 19.1. The third kappa shape index (κ3) is 2.22. The second kappa shape index (κ2) is 5.48. The van der Waals surface area contributed by atoms with Gasteiger partial charge in [0.1, 0.15) is 11.2 Å². The highest BCUT2D eigenvalue weighted by atomic mass is 35.5. The highest BCUT2D eigenvalue weighted by Crippen LogP contribution is 2.31. The maximum Gasteiger partial charge on any atom is 0.228 e. The van der Waals surface area contributed by atoms with Crippen LogP contribution in [0.3, 0.4) is 0 Å². The number of rotatable bonds is 2. The molecule has 5 rings (SSSR count). The van der Waals surface area contributed by atoms with Gasteiger partial charge < -0.3 is 15.2 Å². The van der Waals surface area contributed by atoms with Gasteiger partial charge in [-0.25, -0.2) is 9.97 Å². The number of aromatic amines is 1. The van der Waals surface area contributed by atoms with Crippen LogP contribution in [0, 0.1) is 5.92 Å². The zero-order chi connectivity index (χ0) is 15.4. The molecular formula is C15H17ClN8. The number of aromatic nitrogens is 6. The van der Waals surface area contributed by atoms with Crippen molar-refractivity contribution < 1.29 is 0 Å². The Morgan fingerprint density at radius 3 is 3.00 bits per heavy atom. The van der Waals surface area contributed by atoms with E-state index < -0.39 is 0 Å². The summed E-state index contributed by atoms with van der Waals surface area (Å²) in [5.74, 6) is 1.30.